The van der Waals surface area contributed by atoms with Crippen molar-refractivity contribution in [2.24, 2.45) is 0 Å². The fraction of sp³-hybridized carbons (Fsp3) is 0.455. The second kappa shape index (κ2) is 5.55. The van der Waals surface area contributed by atoms with Gasteiger partial charge >= 0.3 is 0 Å². The summed E-state index contributed by atoms with van der Waals surface area (Å²) in [6, 6.07) is 0. The highest BCUT2D eigenvalue weighted by Gasteiger charge is 2.65. The van der Waals surface area contributed by atoms with Crippen molar-refractivity contribution in [3.8, 4) is 0 Å². The molecule has 0 spiro atoms. The van der Waals surface area contributed by atoms with Gasteiger partial charge in [-0.05, 0) is 69.3 Å². The van der Waals surface area contributed by atoms with E-state index in [1.165, 1.54) is 5.56 Å². The first-order valence-corrected chi connectivity index (χ1v) is 11.4. The Morgan fingerprint density at radius 3 is 1.42 bits per heavy atom. The number of benzene rings is 1. The van der Waals surface area contributed by atoms with E-state index in [-0.39, 0.29) is 8.65 Å². The van der Waals surface area contributed by atoms with E-state index in [0.717, 1.165) is 23.5 Å². The zero-order chi connectivity index (χ0) is 15.0. The summed E-state index contributed by atoms with van der Waals surface area (Å²) >= 11 is 30.0. The van der Waals surface area contributed by atoms with Gasteiger partial charge in [0.25, 0.3) is 0 Å². The molecule has 2 rings (SSSR count). The molecule has 0 N–H and O–H groups in total. The summed E-state index contributed by atoms with van der Waals surface area (Å²) in [5.41, 5.74) is 2.20. The molecule has 19 heavy (non-hydrogen) atoms. The average Bonchev–Trinajstić information content (AvgIpc) is 2.39. The number of hydrogen-bond acceptors (Lipinski definition) is 0. The van der Waals surface area contributed by atoms with Crippen LogP contribution in [0.1, 0.15) is 25.0 Å². The lowest BCUT2D eigenvalue weighted by Gasteiger charge is -2.38. The minimum Gasteiger partial charge on any atom is -0.0689 e. The molecule has 0 radical (unpaired) electrons. The lowest BCUT2D eigenvalue weighted by molar-refractivity contribution is 0.508. The van der Waals surface area contributed by atoms with Crippen molar-refractivity contribution in [3.05, 3.63) is 29.0 Å². The molecule has 0 nitrogen and oxygen atoms in total. The van der Waals surface area contributed by atoms with Gasteiger partial charge in [0.05, 0.1) is 0 Å². The lowest BCUT2D eigenvalue weighted by Crippen LogP contribution is -2.40. The number of halogens is 8. The van der Waals surface area contributed by atoms with Gasteiger partial charge in [-0.25, -0.2) is 0 Å². The van der Waals surface area contributed by atoms with E-state index in [2.05, 4.69) is 141 Å². The predicted octanol–water partition coefficient (Wildman–Crippen LogP) is 8.46. The van der Waals surface area contributed by atoms with Crippen LogP contribution in [-0.2, 0) is 8.65 Å². The first-order valence-electron chi connectivity index (χ1n) is 5.01. The summed E-state index contributed by atoms with van der Waals surface area (Å²) in [5, 5.41) is 0. The van der Waals surface area contributed by atoms with Crippen LogP contribution >= 0.6 is 127 Å². The summed E-state index contributed by atoms with van der Waals surface area (Å²) in [6.45, 7) is 4.38. The molecule has 0 atom stereocenters. The molecule has 106 valence electrons. The van der Waals surface area contributed by atoms with Crippen molar-refractivity contribution in [1.82, 2.24) is 0 Å². The minimum absolute atomic E-state index is 0.167. The quantitative estimate of drug-likeness (QED) is 0.141. The molecular formula is C11H6Br8. The van der Waals surface area contributed by atoms with Crippen molar-refractivity contribution < 1.29 is 0 Å². The van der Waals surface area contributed by atoms with Gasteiger partial charge in [0.2, 0.25) is 0 Å². The number of fused-ring (bicyclic) bond motifs is 1. The summed E-state index contributed by atoms with van der Waals surface area (Å²) in [4.78, 5) is 0. The second-order valence-corrected chi connectivity index (χ2v) is 14.8. The molecule has 8 heteroatoms. The molecule has 0 bridgehead atoms. The first-order chi connectivity index (χ1) is 8.39. The highest BCUT2D eigenvalue weighted by atomic mass is 79.9. The molecule has 1 aliphatic rings. The van der Waals surface area contributed by atoms with Crippen LogP contribution in [-0.4, -0.2) is 3.23 Å². The molecule has 0 aliphatic heterocycles. The van der Waals surface area contributed by atoms with Crippen molar-refractivity contribution in [2.75, 3.05) is 0 Å². The van der Waals surface area contributed by atoms with Gasteiger partial charge in [0.15, 0.2) is 0 Å². The zero-order valence-electron chi connectivity index (χ0n) is 9.52. The van der Waals surface area contributed by atoms with Crippen LogP contribution < -0.4 is 0 Å². The van der Waals surface area contributed by atoms with E-state index < -0.39 is 3.23 Å². The zero-order valence-corrected chi connectivity index (χ0v) is 22.2. The van der Waals surface area contributed by atoms with E-state index in [1.54, 1.807) is 0 Å². The topological polar surface area (TPSA) is 0 Å². The van der Waals surface area contributed by atoms with Gasteiger partial charge in [0.1, 0.15) is 6.47 Å². The second-order valence-electron chi connectivity index (χ2n) is 4.78. The molecule has 1 aliphatic carbocycles. The molecule has 0 heterocycles. The maximum atomic E-state index is 3.83. The summed E-state index contributed by atoms with van der Waals surface area (Å²) in [5.74, 6) is 0. The number of hydrogen-bond donors (Lipinski definition) is 0. The SMILES string of the molecule is CC1(C)c2c(Br)c(Br)c(Br)c(Br)c2C(Br)(Br)C1(Br)Br. The fourth-order valence-electron chi connectivity index (χ4n) is 2.22. The Hall–Kier alpha value is 3.06. The Labute approximate surface area is 179 Å². The van der Waals surface area contributed by atoms with E-state index in [0.29, 0.717) is 0 Å². The average molecular weight is 777 g/mol. The third-order valence-electron chi connectivity index (χ3n) is 3.39. The van der Waals surface area contributed by atoms with Gasteiger partial charge in [-0.3, -0.25) is 0 Å². The Kier molecular flexibility index (Phi) is 5.38. The van der Waals surface area contributed by atoms with Gasteiger partial charge in [-0.2, -0.15) is 0 Å². The monoisotopic (exact) mass is 769 g/mol. The van der Waals surface area contributed by atoms with Gasteiger partial charge in [0, 0.05) is 28.9 Å². The fourth-order valence-corrected chi connectivity index (χ4v) is 8.24. The molecule has 1 aromatic rings. The third kappa shape index (κ3) is 2.35. The highest BCUT2D eigenvalue weighted by Crippen LogP contribution is 2.72. The van der Waals surface area contributed by atoms with Crippen LogP contribution in [0.15, 0.2) is 17.9 Å². The van der Waals surface area contributed by atoms with Gasteiger partial charge < -0.3 is 0 Å². The lowest BCUT2D eigenvalue weighted by atomic mass is 9.86. The maximum Gasteiger partial charge on any atom is 0.133 e. The first kappa shape index (κ1) is 18.4. The van der Waals surface area contributed by atoms with Crippen molar-refractivity contribution in [2.45, 2.75) is 25.7 Å². The van der Waals surface area contributed by atoms with Crippen LogP contribution in [0.2, 0.25) is 0 Å². The predicted molar refractivity (Wildman–Crippen MR) is 110 cm³/mol. The number of rotatable bonds is 0. The maximum absolute atomic E-state index is 3.83. The van der Waals surface area contributed by atoms with E-state index in [9.17, 15) is 0 Å². The normalized spacial score (nSPS) is 22.4. The number of alkyl halides is 4. The smallest absolute Gasteiger partial charge is 0.0689 e. The standard InChI is InChI=1S/C11H6Br8/c1-9(2)3-4(10(16,17)11(9,18)19)6(13)8(15)7(14)5(3)12/h1-2H3. The minimum atomic E-state index is -0.448. The van der Waals surface area contributed by atoms with Crippen LogP contribution in [0.3, 0.4) is 0 Å². The third-order valence-corrected chi connectivity index (χ3v) is 15.4. The Morgan fingerprint density at radius 1 is 0.632 bits per heavy atom. The molecule has 0 unspecified atom stereocenters. The molecule has 0 aromatic heterocycles. The van der Waals surface area contributed by atoms with Crippen molar-refractivity contribution in [1.29, 1.82) is 0 Å². The Bertz CT molecular complexity index is 524. The molecule has 0 saturated heterocycles. The summed E-state index contributed by atoms with van der Waals surface area (Å²) < 4.78 is 3.21. The van der Waals surface area contributed by atoms with Crippen LogP contribution in [0, 0.1) is 0 Å². The molecular weight excluding hydrogens is 771 g/mol. The van der Waals surface area contributed by atoms with Crippen LogP contribution in [0.4, 0.5) is 0 Å². The highest BCUT2D eigenvalue weighted by molar-refractivity contribution is 9.30. The van der Waals surface area contributed by atoms with E-state index in [4.69, 9.17) is 0 Å². The Balaban J connectivity index is 3.02. The van der Waals surface area contributed by atoms with Crippen molar-refractivity contribution >= 4 is 127 Å². The van der Waals surface area contributed by atoms with Crippen molar-refractivity contribution in [3.63, 3.8) is 0 Å². The largest absolute Gasteiger partial charge is 0.133 e. The van der Waals surface area contributed by atoms with Crippen LogP contribution in [0.25, 0.3) is 0 Å². The summed E-state index contributed by atoms with van der Waals surface area (Å²) in [6.07, 6.45) is 0. The van der Waals surface area contributed by atoms with Gasteiger partial charge in [-0.15, -0.1) is 0 Å². The van der Waals surface area contributed by atoms with E-state index >= 15 is 0 Å². The summed E-state index contributed by atoms with van der Waals surface area (Å²) in [7, 11) is 0. The van der Waals surface area contributed by atoms with E-state index in [1.807, 2.05) is 0 Å². The Morgan fingerprint density at radius 2 is 1.00 bits per heavy atom. The molecule has 0 fully saturated rings. The molecule has 0 saturated carbocycles. The van der Waals surface area contributed by atoms with Gasteiger partial charge in [-0.1, -0.05) is 77.6 Å². The van der Waals surface area contributed by atoms with Crippen LogP contribution in [0.5, 0.6) is 0 Å². The molecule has 0 amide bonds. The molecule has 1 aromatic carbocycles.